The largest absolute Gasteiger partial charge is 0.511 e. The van der Waals surface area contributed by atoms with Gasteiger partial charge in [-0.05, 0) is 23.3 Å². The zero-order chi connectivity index (χ0) is 15.8. The molecule has 0 aromatic heterocycles. The van der Waals surface area contributed by atoms with Gasteiger partial charge in [-0.25, -0.2) is 4.79 Å². The number of carbonyl (C=O) groups excluding carboxylic acids is 1. The van der Waals surface area contributed by atoms with Crippen LogP contribution in [0.1, 0.15) is 11.1 Å². The second-order valence-corrected chi connectivity index (χ2v) is 4.40. The minimum Gasteiger partial charge on any atom is -0.449 e. The molecule has 2 aromatic carbocycles. The minimum atomic E-state index is -1.52. The zero-order valence-corrected chi connectivity index (χ0v) is 15.4. The van der Waals surface area contributed by atoms with Crippen LogP contribution in [-0.4, -0.2) is 17.0 Å². The summed E-state index contributed by atoms with van der Waals surface area (Å²) in [5.41, 5.74) is 1.52. The molecule has 0 fully saturated rings. The molecule has 0 aliphatic heterocycles. The third-order valence-corrected chi connectivity index (χ3v) is 2.76. The molecule has 2 rings (SSSR count). The van der Waals surface area contributed by atoms with Gasteiger partial charge in [0.25, 0.3) is 0 Å². The summed E-state index contributed by atoms with van der Waals surface area (Å²) in [7, 11) is 0. The van der Waals surface area contributed by atoms with Gasteiger partial charge in [-0.15, -0.1) is 0 Å². The van der Waals surface area contributed by atoms with Gasteiger partial charge >= 0.3 is 6.16 Å². The Hall–Kier alpha value is -1.82. The molecule has 0 radical (unpaired) electrons. The molecule has 0 saturated carbocycles. The maximum atomic E-state index is 12.1. The number of hydrogen-bond acceptors (Lipinski definition) is 3. The fourth-order valence-electron chi connectivity index (χ4n) is 1.76. The van der Waals surface area contributed by atoms with Crippen molar-refractivity contribution in [2.24, 2.45) is 0 Å². The quantitative estimate of drug-likeness (QED) is 0.288. The van der Waals surface area contributed by atoms with E-state index in [1.165, 1.54) is 12.2 Å². The molecule has 24 heavy (non-hydrogen) atoms. The average Bonchev–Trinajstić information content (AvgIpc) is 2.53. The first-order valence-corrected chi connectivity index (χ1v) is 6.60. The zero-order valence-electron chi connectivity index (χ0n) is 12.3. The normalized spacial score (nSPS) is 10.4. The Balaban J connectivity index is 0.00000264. The first-order chi connectivity index (χ1) is 10.6. The van der Waals surface area contributed by atoms with Crippen LogP contribution in [0, 0.1) is 0 Å². The van der Waals surface area contributed by atoms with Gasteiger partial charge in [0.1, 0.15) is 0 Å². The molecule has 0 spiro atoms. The van der Waals surface area contributed by atoms with E-state index in [0.717, 1.165) is 5.56 Å². The maximum Gasteiger partial charge on any atom is 0.511 e. The van der Waals surface area contributed by atoms with E-state index in [0.29, 0.717) is 5.56 Å². The number of ether oxygens (including phenoxy) is 1. The smallest absolute Gasteiger partial charge is 0.449 e. The fraction of sp³-hybridized carbons (Fsp3) is 0. The monoisotopic (exact) mass is 506 g/mol. The van der Waals surface area contributed by atoms with Crippen LogP contribution in [0.15, 0.2) is 72.5 Å². The van der Waals surface area contributed by atoms with Crippen LogP contribution < -0.4 is 0 Å². The summed E-state index contributed by atoms with van der Waals surface area (Å²) in [6, 6.07) is 18.1. The molecular formula is C18H14O4Pd2. The first kappa shape index (κ1) is 22.2. The molecule has 130 valence electrons. The van der Waals surface area contributed by atoms with E-state index < -0.39 is 11.9 Å². The Morgan fingerprint density at radius 3 is 1.83 bits per heavy atom. The second-order valence-electron chi connectivity index (χ2n) is 4.40. The minimum absolute atomic E-state index is 0. The standard InChI is InChI=1S/C18H14O4.2Pd/c19-16(12-11-14-7-3-1-4-8-14)17(22-18(20)21)13-15-9-5-2-6-10-15;;/h1-13H,(H,20,21);;. The number of hydrogen-bond donors (Lipinski definition) is 1. The van der Waals surface area contributed by atoms with Gasteiger partial charge in [-0.1, -0.05) is 66.7 Å². The third kappa shape index (κ3) is 7.64. The van der Waals surface area contributed by atoms with E-state index >= 15 is 0 Å². The summed E-state index contributed by atoms with van der Waals surface area (Å²) in [5, 5.41) is 8.76. The number of carbonyl (C=O) groups is 2. The molecule has 0 aliphatic rings. The molecule has 4 nitrogen and oxygen atoms in total. The van der Waals surface area contributed by atoms with E-state index in [9.17, 15) is 9.59 Å². The number of allylic oxidation sites excluding steroid dienone is 1. The summed E-state index contributed by atoms with van der Waals surface area (Å²) in [6.07, 6.45) is 2.76. The Morgan fingerprint density at radius 1 is 0.833 bits per heavy atom. The SMILES string of the molecule is O=C(O)OC(=Cc1ccccc1)C(=O)C=Cc1ccccc1.[Pd].[Pd]. The Morgan fingerprint density at radius 2 is 1.33 bits per heavy atom. The molecule has 2 aromatic rings. The second kappa shape index (κ2) is 11.7. The van der Waals surface area contributed by atoms with Gasteiger partial charge < -0.3 is 9.84 Å². The summed E-state index contributed by atoms with van der Waals surface area (Å²) in [6.45, 7) is 0. The first-order valence-electron chi connectivity index (χ1n) is 6.60. The predicted octanol–water partition coefficient (Wildman–Crippen LogP) is 4.00. The number of benzene rings is 2. The van der Waals surface area contributed by atoms with Crippen molar-refractivity contribution in [2.75, 3.05) is 0 Å². The van der Waals surface area contributed by atoms with Crippen molar-refractivity contribution < 1.29 is 60.3 Å². The van der Waals surface area contributed by atoms with E-state index in [1.807, 2.05) is 36.4 Å². The number of carboxylic acid groups (broad SMARTS) is 1. The number of ketones is 1. The maximum absolute atomic E-state index is 12.1. The van der Waals surface area contributed by atoms with Crippen molar-refractivity contribution in [3.05, 3.63) is 83.6 Å². The van der Waals surface area contributed by atoms with Crippen molar-refractivity contribution in [3.8, 4) is 0 Å². The van der Waals surface area contributed by atoms with Crippen LogP contribution in [0.5, 0.6) is 0 Å². The molecule has 0 saturated heterocycles. The summed E-state index contributed by atoms with van der Waals surface area (Å²) in [4.78, 5) is 22.9. The Labute approximate surface area is 167 Å². The van der Waals surface area contributed by atoms with Gasteiger partial charge in [0.15, 0.2) is 5.76 Å². The predicted molar refractivity (Wildman–Crippen MR) is 84.0 cm³/mol. The van der Waals surface area contributed by atoms with Crippen molar-refractivity contribution >= 4 is 24.1 Å². The molecule has 0 bridgehead atoms. The molecule has 0 aliphatic carbocycles. The van der Waals surface area contributed by atoms with Crippen LogP contribution in [0.25, 0.3) is 12.2 Å². The van der Waals surface area contributed by atoms with Crippen molar-refractivity contribution in [2.45, 2.75) is 0 Å². The van der Waals surface area contributed by atoms with Crippen LogP contribution in [0.3, 0.4) is 0 Å². The van der Waals surface area contributed by atoms with E-state index in [-0.39, 0.29) is 46.6 Å². The molecule has 0 atom stereocenters. The van der Waals surface area contributed by atoms with Crippen LogP contribution in [0.2, 0.25) is 0 Å². The summed E-state index contributed by atoms with van der Waals surface area (Å²) in [5.74, 6) is -0.763. The molecule has 0 heterocycles. The molecule has 6 heteroatoms. The van der Waals surface area contributed by atoms with Gasteiger partial charge in [0.2, 0.25) is 5.78 Å². The molecule has 1 N–H and O–H groups in total. The molecular weight excluding hydrogens is 493 g/mol. The molecule has 0 unspecified atom stereocenters. The molecule has 0 amide bonds. The van der Waals surface area contributed by atoms with Crippen molar-refractivity contribution in [1.29, 1.82) is 0 Å². The summed E-state index contributed by atoms with van der Waals surface area (Å²) < 4.78 is 4.58. The van der Waals surface area contributed by atoms with Gasteiger partial charge in [-0.2, -0.15) is 0 Å². The number of rotatable bonds is 5. The topological polar surface area (TPSA) is 63.6 Å². The third-order valence-electron chi connectivity index (χ3n) is 2.76. The summed E-state index contributed by atoms with van der Waals surface area (Å²) >= 11 is 0. The van der Waals surface area contributed by atoms with Crippen molar-refractivity contribution in [1.82, 2.24) is 0 Å². The fourth-order valence-corrected chi connectivity index (χ4v) is 1.76. The van der Waals surface area contributed by atoms with E-state index in [2.05, 4.69) is 4.74 Å². The van der Waals surface area contributed by atoms with Crippen molar-refractivity contribution in [3.63, 3.8) is 0 Å². The Kier molecular flexibility index (Phi) is 10.8. The van der Waals surface area contributed by atoms with Gasteiger partial charge in [0, 0.05) is 40.8 Å². The van der Waals surface area contributed by atoms with E-state index in [4.69, 9.17) is 5.11 Å². The average molecular weight is 507 g/mol. The van der Waals surface area contributed by atoms with Gasteiger partial charge in [-0.3, -0.25) is 4.79 Å². The van der Waals surface area contributed by atoms with Crippen LogP contribution in [0.4, 0.5) is 4.79 Å². The van der Waals surface area contributed by atoms with Crippen LogP contribution in [-0.2, 0) is 50.4 Å². The van der Waals surface area contributed by atoms with Gasteiger partial charge in [0.05, 0.1) is 0 Å². The van der Waals surface area contributed by atoms with E-state index in [1.54, 1.807) is 30.3 Å². The Bertz CT molecular complexity index is 710. The van der Waals surface area contributed by atoms with Crippen LogP contribution >= 0.6 is 0 Å².